The van der Waals surface area contributed by atoms with Crippen molar-refractivity contribution in [1.29, 1.82) is 0 Å². The zero-order valence-electron chi connectivity index (χ0n) is 16.8. The van der Waals surface area contributed by atoms with E-state index in [9.17, 15) is 5.11 Å². The maximum absolute atomic E-state index is 10.6. The second kappa shape index (κ2) is 9.41. The molecule has 0 spiro atoms. The van der Waals surface area contributed by atoms with Crippen LogP contribution in [0, 0.1) is 35.5 Å². The lowest BCUT2D eigenvalue weighted by Crippen LogP contribution is -2.47. The van der Waals surface area contributed by atoms with Crippen LogP contribution in [0.4, 0.5) is 0 Å². The van der Waals surface area contributed by atoms with Crippen LogP contribution in [0.3, 0.4) is 0 Å². The first-order chi connectivity index (χ1) is 11.5. The highest BCUT2D eigenvalue weighted by atomic mass is 16.3. The standard InChI is InChI=1S/C23H42O/c1-6-16(3)11-8-9-12-20-19-13-10-14-22(24)21(19)15-18(5)23(20)17(4)7-2/h17-24H,3,6-15H2,1-2,4-5H3/t17?,18-,19?,20-,21?,22-,23+/m0/s1. The molecule has 3 unspecified atom stereocenters. The summed E-state index contributed by atoms with van der Waals surface area (Å²) in [4.78, 5) is 0. The number of hydrogen-bond donors (Lipinski definition) is 1. The van der Waals surface area contributed by atoms with E-state index in [0.29, 0.717) is 5.92 Å². The molecule has 2 rings (SSSR count). The first-order valence-corrected chi connectivity index (χ1v) is 10.8. The Morgan fingerprint density at radius 1 is 1.17 bits per heavy atom. The SMILES string of the molecule is C=C(CC)CCCC[C@H]1C2CCC[C@H](O)C2C[C@H](C)[C@H]1C(C)CC. The van der Waals surface area contributed by atoms with Crippen LogP contribution < -0.4 is 0 Å². The number of aliphatic hydroxyl groups excluding tert-OH is 1. The van der Waals surface area contributed by atoms with Crippen LogP contribution in [0.25, 0.3) is 0 Å². The van der Waals surface area contributed by atoms with Gasteiger partial charge >= 0.3 is 0 Å². The molecule has 0 amide bonds. The summed E-state index contributed by atoms with van der Waals surface area (Å²) >= 11 is 0. The van der Waals surface area contributed by atoms with Gasteiger partial charge < -0.3 is 5.11 Å². The van der Waals surface area contributed by atoms with Crippen molar-refractivity contribution >= 4 is 0 Å². The van der Waals surface area contributed by atoms with E-state index in [1.807, 2.05) is 0 Å². The van der Waals surface area contributed by atoms with Crippen molar-refractivity contribution in [2.24, 2.45) is 35.5 Å². The van der Waals surface area contributed by atoms with Gasteiger partial charge in [0.1, 0.15) is 0 Å². The number of rotatable bonds is 8. The molecule has 0 aromatic heterocycles. The lowest BCUT2D eigenvalue weighted by Gasteiger charge is -2.52. The monoisotopic (exact) mass is 334 g/mol. The van der Waals surface area contributed by atoms with Gasteiger partial charge in [0.15, 0.2) is 0 Å². The molecule has 2 saturated carbocycles. The largest absolute Gasteiger partial charge is 0.393 e. The van der Waals surface area contributed by atoms with Gasteiger partial charge in [-0.15, -0.1) is 0 Å². The van der Waals surface area contributed by atoms with Crippen LogP contribution in [0.15, 0.2) is 12.2 Å². The average Bonchev–Trinajstić information content (AvgIpc) is 2.58. The minimum atomic E-state index is -0.0218. The van der Waals surface area contributed by atoms with Crippen molar-refractivity contribution < 1.29 is 5.11 Å². The Bertz CT molecular complexity index is 387. The Labute approximate surface area is 151 Å². The van der Waals surface area contributed by atoms with Crippen molar-refractivity contribution in [3.05, 3.63) is 12.2 Å². The van der Waals surface area contributed by atoms with Crippen molar-refractivity contribution in [3.8, 4) is 0 Å². The molecule has 24 heavy (non-hydrogen) atoms. The van der Waals surface area contributed by atoms with E-state index >= 15 is 0 Å². The Balaban J connectivity index is 2.05. The topological polar surface area (TPSA) is 20.2 Å². The molecule has 140 valence electrons. The highest BCUT2D eigenvalue weighted by Gasteiger charge is 2.47. The van der Waals surface area contributed by atoms with Crippen LogP contribution in [-0.2, 0) is 0 Å². The summed E-state index contributed by atoms with van der Waals surface area (Å²) in [7, 11) is 0. The minimum Gasteiger partial charge on any atom is -0.393 e. The molecule has 2 aliphatic rings. The van der Waals surface area contributed by atoms with Gasteiger partial charge in [-0.3, -0.25) is 0 Å². The fraction of sp³-hybridized carbons (Fsp3) is 0.913. The van der Waals surface area contributed by atoms with Gasteiger partial charge in [-0.2, -0.15) is 0 Å². The lowest BCUT2D eigenvalue weighted by molar-refractivity contribution is -0.0732. The third kappa shape index (κ3) is 4.65. The lowest BCUT2D eigenvalue weighted by atomic mass is 9.54. The van der Waals surface area contributed by atoms with Crippen molar-refractivity contribution in [2.75, 3.05) is 0 Å². The predicted molar refractivity (Wildman–Crippen MR) is 105 cm³/mol. The molecule has 0 aromatic carbocycles. The highest BCUT2D eigenvalue weighted by Crippen LogP contribution is 2.53. The third-order valence-corrected chi connectivity index (χ3v) is 7.55. The number of aliphatic hydroxyl groups is 1. The number of unbranched alkanes of at least 4 members (excludes halogenated alkanes) is 1. The molecule has 0 aromatic rings. The van der Waals surface area contributed by atoms with Gasteiger partial charge in [0, 0.05) is 0 Å². The van der Waals surface area contributed by atoms with Crippen molar-refractivity contribution in [3.63, 3.8) is 0 Å². The Kier molecular flexibility index (Phi) is 7.85. The molecule has 7 atom stereocenters. The van der Waals surface area contributed by atoms with E-state index in [1.165, 1.54) is 56.9 Å². The normalized spacial score (nSPS) is 37.7. The molecule has 1 heteroatoms. The fourth-order valence-corrected chi connectivity index (χ4v) is 6.03. The highest BCUT2D eigenvalue weighted by molar-refractivity contribution is 4.97. The molecule has 2 fully saturated rings. The average molecular weight is 335 g/mol. The molecular weight excluding hydrogens is 292 g/mol. The van der Waals surface area contributed by atoms with E-state index in [0.717, 1.165) is 42.4 Å². The Hall–Kier alpha value is -0.300. The smallest absolute Gasteiger partial charge is 0.0571 e. The molecule has 1 N–H and O–H groups in total. The van der Waals surface area contributed by atoms with Crippen LogP contribution in [0.2, 0.25) is 0 Å². The quantitative estimate of drug-likeness (QED) is 0.391. The van der Waals surface area contributed by atoms with Gasteiger partial charge in [0.2, 0.25) is 0 Å². The van der Waals surface area contributed by atoms with E-state index in [1.54, 1.807) is 0 Å². The fourth-order valence-electron chi connectivity index (χ4n) is 6.03. The summed E-state index contributed by atoms with van der Waals surface area (Å²) in [6.45, 7) is 13.7. The van der Waals surface area contributed by atoms with Gasteiger partial charge in [-0.25, -0.2) is 0 Å². The zero-order valence-corrected chi connectivity index (χ0v) is 16.8. The van der Waals surface area contributed by atoms with Gasteiger partial charge in [-0.05, 0) is 80.5 Å². The number of fused-ring (bicyclic) bond motifs is 1. The van der Waals surface area contributed by atoms with Crippen LogP contribution in [0.1, 0.15) is 91.9 Å². The minimum absolute atomic E-state index is 0.0218. The van der Waals surface area contributed by atoms with E-state index in [2.05, 4.69) is 34.3 Å². The van der Waals surface area contributed by atoms with Crippen LogP contribution >= 0.6 is 0 Å². The molecule has 0 aliphatic heterocycles. The van der Waals surface area contributed by atoms with Gasteiger partial charge in [0.25, 0.3) is 0 Å². The molecule has 0 heterocycles. The van der Waals surface area contributed by atoms with Gasteiger partial charge in [0.05, 0.1) is 6.10 Å². The van der Waals surface area contributed by atoms with E-state index in [4.69, 9.17) is 0 Å². The number of allylic oxidation sites excluding steroid dienone is 1. The summed E-state index contributed by atoms with van der Waals surface area (Å²) in [5, 5.41) is 10.6. The summed E-state index contributed by atoms with van der Waals surface area (Å²) in [5.41, 5.74) is 1.41. The third-order valence-electron chi connectivity index (χ3n) is 7.55. The zero-order chi connectivity index (χ0) is 17.7. The van der Waals surface area contributed by atoms with Crippen molar-refractivity contribution in [1.82, 2.24) is 0 Å². The molecule has 2 aliphatic carbocycles. The van der Waals surface area contributed by atoms with Gasteiger partial charge in [-0.1, -0.05) is 59.1 Å². The van der Waals surface area contributed by atoms with Crippen molar-refractivity contribution in [2.45, 2.75) is 98.0 Å². The number of hydrogen-bond acceptors (Lipinski definition) is 1. The Morgan fingerprint density at radius 3 is 2.58 bits per heavy atom. The first kappa shape index (κ1) is 20.0. The maximum atomic E-state index is 10.6. The summed E-state index contributed by atoms with van der Waals surface area (Å²) in [5.74, 6) is 4.71. The maximum Gasteiger partial charge on any atom is 0.0571 e. The molecular formula is C23H42O. The van der Waals surface area contributed by atoms with Crippen LogP contribution in [-0.4, -0.2) is 11.2 Å². The second-order valence-corrected chi connectivity index (χ2v) is 9.02. The molecule has 1 nitrogen and oxygen atoms in total. The summed E-state index contributed by atoms with van der Waals surface area (Å²) < 4.78 is 0. The van der Waals surface area contributed by atoms with E-state index in [-0.39, 0.29) is 6.10 Å². The predicted octanol–water partition coefficient (Wildman–Crippen LogP) is 6.61. The molecule has 0 radical (unpaired) electrons. The first-order valence-electron chi connectivity index (χ1n) is 10.8. The molecule has 0 saturated heterocycles. The summed E-state index contributed by atoms with van der Waals surface area (Å²) in [6.07, 6.45) is 12.6. The summed E-state index contributed by atoms with van der Waals surface area (Å²) in [6, 6.07) is 0. The van der Waals surface area contributed by atoms with Crippen LogP contribution in [0.5, 0.6) is 0 Å². The Morgan fingerprint density at radius 2 is 1.92 bits per heavy atom. The van der Waals surface area contributed by atoms with E-state index < -0.39 is 0 Å². The second-order valence-electron chi connectivity index (χ2n) is 9.02. The molecule has 0 bridgehead atoms.